The van der Waals surface area contributed by atoms with Crippen LogP contribution in [0.1, 0.15) is 5.56 Å². The first-order chi connectivity index (χ1) is 14.5. The van der Waals surface area contributed by atoms with Crippen molar-refractivity contribution in [2.45, 2.75) is 6.92 Å². The van der Waals surface area contributed by atoms with Crippen molar-refractivity contribution >= 4 is 28.5 Å². The number of nitriles is 1. The van der Waals surface area contributed by atoms with Crippen molar-refractivity contribution in [3.63, 3.8) is 0 Å². The van der Waals surface area contributed by atoms with E-state index in [9.17, 15) is 14.4 Å². The molecule has 0 radical (unpaired) electrons. The van der Waals surface area contributed by atoms with Gasteiger partial charge in [-0.1, -0.05) is 18.2 Å². The number of benzene rings is 2. The zero-order chi connectivity index (χ0) is 21.5. The summed E-state index contributed by atoms with van der Waals surface area (Å²) in [5.74, 6) is -0.965. The van der Waals surface area contributed by atoms with Crippen LogP contribution in [0.25, 0.3) is 11.0 Å². The summed E-state index contributed by atoms with van der Waals surface area (Å²) in [4.78, 5) is 37.0. The maximum Gasteiger partial charge on any atom is 0.344 e. The van der Waals surface area contributed by atoms with Gasteiger partial charge >= 0.3 is 11.6 Å². The molecule has 30 heavy (non-hydrogen) atoms. The van der Waals surface area contributed by atoms with Crippen LogP contribution in [0.3, 0.4) is 0 Å². The molecular formula is C22H18N2O6. The molecule has 1 aromatic heterocycles. The normalized spacial score (nSPS) is 10.3. The molecule has 0 saturated heterocycles. The minimum atomic E-state index is -0.751. The summed E-state index contributed by atoms with van der Waals surface area (Å²) in [6.45, 7) is 0.667. The average Bonchev–Trinajstić information content (AvgIpc) is 2.74. The van der Waals surface area contributed by atoms with E-state index in [1.165, 1.54) is 17.0 Å². The van der Waals surface area contributed by atoms with Crippen LogP contribution in [0, 0.1) is 18.3 Å². The lowest BCUT2D eigenvalue weighted by molar-refractivity contribution is -0.149. The van der Waals surface area contributed by atoms with Gasteiger partial charge in [0.2, 0.25) is 0 Å². The third-order valence-electron chi connectivity index (χ3n) is 4.23. The van der Waals surface area contributed by atoms with Gasteiger partial charge in [0.25, 0.3) is 5.91 Å². The quantitative estimate of drug-likeness (QED) is 0.337. The molecular weight excluding hydrogens is 388 g/mol. The molecule has 3 aromatic rings. The zero-order valence-corrected chi connectivity index (χ0v) is 16.2. The molecule has 0 saturated carbocycles. The smallest absolute Gasteiger partial charge is 0.344 e. The second-order valence-electron chi connectivity index (χ2n) is 6.33. The Labute approximate surface area is 171 Å². The van der Waals surface area contributed by atoms with E-state index in [1.54, 1.807) is 49.4 Å². The van der Waals surface area contributed by atoms with Gasteiger partial charge in [-0.05, 0) is 36.8 Å². The molecule has 0 aliphatic rings. The maximum absolute atomic E-state index is 12.3. The summed E-state index contributed by atoms with van der Waals surface area (Å²) in [7, 11) is 0. The lowest BCUT2D eigenvalue weighted by Crippen LogP contribution is -2.35. The number of esters is 1. The Bertz CT molecular complexity index is 1160. The summed E-state index contributed by atoms with van der Waals surface area (Å²) in [5, 5.41) is 9.70. The number of anilines is 1. The monoisotopic (exact) mass is 406 g/mol. The number of hydrogen-bond acceptors (Lipinski definition) is 7. The lowest BCUT2D eigenvalue weighted by atomic mass is 10.1. The van der Waals surface area contributed by atoms with Crippen LogP contribution in [0.5, 0.6) is 5.75 Å². The first-order valence-electron chi connectivity index (χ1n) is 9.03. The summed E-state index contributed by atoms with van der Waals surface area (Å²) in [6, 6.07) is 16.8. The predicted octanol–water partition coefficient (Wildman–Crippen LogP) is 2.58. The Morgan fingerprint density at radius 3 is 2.60 bits per heavy atom. The van der Waals surface area contributed by atoms with Crippen LogP contribution >= 0.6 is 0 Å². The molecule has 3 rings (SSSR count). The minimum Gasteiger partial charge on any atom is -0.482 e. The van der Waals surface area contributed by atoms with Gasteiger partial charge in [-0.3, -0.25) is 9.69 Å². The topological polar surface area (TPSA) is 110 Å². The molecule has 0 bridgehead atoms. The third kappa shape index (κ3) is 5.02. The van der Waals surface area contributed by atoms with Crippen molar-refractivity contribution in [1.82, 2.24) is 0 Å². The maximum atomic E-state index is 12.3. The Kier molecular flexibility index (Phi) is 6.45. The highest BCUT2D eigenvalue weighted by atomic mass is 16.6. The van der Waals surface area contributed by atoms with Gasteiger partial charge in [0.05, 0.1) is 6.07 Å². The molecule has 0 aliphatic carbocycles. The van der Waals surface area contributed by atoms with Crippen molar-refractivity contribution in [3.05, 3.63) is 70.6 Å². The van der Waals surface area contributed by atoms with Gasteiger partial charge < -0.3 is 13.9 Å². The van der Waals surface area contributed by atoms with E-state index in [0.29, 0.717) is 17.0 Å². The largest absolute Gasteiger partial charge is 0.482 e. The molecule has 1 heterocycles. The zero-order valence-electron chi connectivity index (χ0n) is 16.2. The number of para-hydroxylation sites is 1. The minimum absolute atomic E-state index is 0.168. The fourth-order valence-corrected chi connectivity index (χ4v) is 2.80. The molecule has 2 aromatic carbocycles. The molecule has 0 N–H and O–H groups in total. The fourth-order valence-electron chi connectivity index (χ4n) is 2.80. The van der Waals surface area contributed by atoms with Gasteiger partial charge in [-0.15, -0.1) is 0 Å². The van der Waals surface area contributed by atoms with Gasteiger partial charge in [-0.2, -0.15) is 5.26 Å². The van der Waals surface area contributed by atoms with Crippen LogP contribution < -0.4 is 15.3 Å². The standard InChI is InChI=1S/C22H18N2O6/c1-15-11-21(26)30-19-12-17(7-8-18(15)19)28-14-22(27)29-13-20(25)24(10-9-23)16-5-3-2-4-6-16/h2-8,11-12H,10,13-14H2,1H3. The molecule has 1 amide bonds. The molecule has 8 heteroatoms. The summed E-state index contributed by atoms with van der Waals surface area (Å²) < 4.78 is 15.5. The number of amides is 1. The number of carbonyl (C=O) groups excluding carboxylic acids is 2. The number of rotatable bonds is 7. The van der Waals surface area contributed by atoms with E-state index in [2.05, 4.69) is 0 Å². The van der Waals surface area contributed by atoms with Crippen molar-refractivity contribution in [2.24, 2.45) is 0 Å². The van der Waals surface area contributed by atoms with Gasteiger partial charge in [0, 0.05) is 23.2 Å². The van der Waals surface area contributed by atoms with Crippen molar-refractivity contribution in [2.75, 3.05) is 24.7 Å². The highest BCUT2D eigenvalue weighted by Crippen LogP contribution is 2.22. The van der Waals surface area contributed by atoms with Crippen LogP contribution in [0.4, 0.5) is 5.69 Å². The summed E-state index contributed by atoms with van der Waals surface area (Å²) >= 11 is 0. The van der Waals surface area contributed by atoms with Crippen molar-refractivity contribution < 1.29 is 23.5 Å². The second-order valence-corrected chi connectivity index (χ2v) is 6.33. The van der Waals surface area contributed by atoms with Crippen LogP contribution in [0.15, 0.2) is 63.8 Å². The van der Waals surface area contributed by atoms with E-state index < -0.39 is 30.7 Å². The molecule has 0 unspecified atom stereocenters. The highest BCUT2D eigenvalue weighted by Gasteiger charge is 2.17. The average molecular weight is 406 g/mol. The number of fused-ring (bicyclic) bond motifs is 1. The molecule has 0 aliphatic heterocycles. The number of hydrogen-bond donors (Lipinski definition) is 0. The van der Waals surface area contributed by atoms with Crippen molar-refractivity contribution in [3.8, 4) is 11.8 Å². The van der Waals surface area contributed by atoms with Gasteiger partial charge in [0.15, 0.2) is 13.2 Å². The van der Waals surface area contributed by atoms with Crippen molar-refractivity contribution in [1.29, 1.82) is 5.26 Å². The molecule has 8 nitrogen and oxygen atoms in total. The second kappa shape index (κ2) is 9.39. The SMILES string of the molecule is Cc1cc(=O)oc2cc(OCC(=O)OCC(=O)N(CC#N)c3ccccc3)ccc12. The van der Waals surface area contributed by atoms with Crippen LogP contribution in [0.2, 0.25) is 0 Å². The number of ether oxygens (including phenoxy) is 2. The first-order valence-corrected chi connectivity index (χ1v) is 9.03. The van der Waals surface area contributed by atoms with E-state index in [0.717, 1.165) is 10.9 Å². The van der Waals surface area contributed by atoms with Gasteiger partial charge in [-0.25, -0.2) is 9.59 Å². The number of aryl methyl sites for hydroxylation is 1. The molecule has 0 spiro atoms. The van der Waals surface area contributed by atoms with Crippen LogP contribution in [-0.4, -0.2) is 31.6 Å². The fraction of sp³-hybridized carbons (Fsp3) is 0.182. The number of carbonyl (C=O) groups is 2. The summed E-state index contributed by atoms with van der Waals surface area (Å²) in [5.41, 5.74) is 1.17. The Hall–Kier alpha value is -4.12. The Morgan fingerprint density at radius 2 is 1.87 bits per heavy atom. The van der Waals surface area contributed by atoms with Gasteiger partial charge in [0.1, 0.15) is 17.9 Å². The molecule has 0 atom stereocenters. The van der Waals surface area contributed by atoms with Crippen LogP contribution in [-0.2, 0) is 14.3 Å². The first kappa shape index (κ1) is 20.6. The summed E-state index contributed by atoms with van der Waals surface area (Å²) in [6.07, 6.45) is 0. The molecule has 0 fully saturated rings. The Balaban J connectivity index is 1.57. The van der Waals surface area contributed by atoms with E-state index in [4.69, 9.17) is 19.2 Å². The van der Waals surface area contributed by atoms with E-state index >= 15 is 0 Å². The molecule has 152 valence electrons. The number of nitrogens with zero attached hydrogens (tertiary/aromatic N) is 2. The van der Waals surface area contributed by atoms with E-state index in [1.807, 2.05) is 6.07 Å². The third-order valence-corrected chi connectivity index (χ3v) is 4.23. The predicted molar refractivity (Wildman–Crippen MR) is 108 cm³/mol. The Morgan fingerprint density at radius 1 is 1.10 bits per heavy atom. The highest BCUT2D eigenvalue weighted by molar-refractivity contribution is 5.95. The van der Waals surface area contributed by atoms with E-state index in [-0.39, 0.29) is 6.54 Å². The lowest BCUT2D eigenvalue weighted by Gasteiger charge is -2.19.